The number of nitrogens with zero attached hydrogens (tertiary/aromatic N) is 3. The molecule has 0 bridgehead atoms. The molecule has 1 amide bonds. The van der Waals surface area contributed by atoms with Crippen LogP contribution in [0.3, 0.4) is 0 Å². The molecular weight excluding hydrogens is 314 g/mol. The molecule has 2 fully saturated rings. The Hall–Kier alpha value is -0.590. The van der Waals surface area contributed by atoms with Gasteiger partial charge in [0.05, 0.1) is 5.01 Å². The minimum absolute atomic E-state index is 0.131. The molecule has 22 heavy (non-hydrogen) atoms. The first-order valence-corrected chi connectivity index (χ1v) is 10.4. The van der Waals surface area contributed by atoms with Crippen molar-refractivity contribution in [3.05, 3.63) is 16.1 Å². The molecule has 0 saturated carbocycles. The fourth-order valence-electron chi connectivity index (χ4n) is 3.28. The first kappa shape index (κ1) is 16.3. The lowest BCUT2D eigenvalue weighted by molar-refractivity contribution is 0.0626. The van der Waals surface area contributed by atoms with E-state index < -0.39 is 0 Å². The summed E-state index contributed by atoms with van der Waals surface area (Å²) in [6.45, 7) is 6.35. The van der Waals surface area contributed by atoms with Crippen LogP contribution in [0.25, 0.3) is 0 Å². The van der Waals surface area contributed by atoms with E-state index in [0.717, 1.165) is 43.8 Å². The number of thioether (sulfide) groups is 1. The minimum Gasteiger partial charge on any atom is -0.337 e. The van der Waals surface area contributed by atoms with Crippen LogP contribution in [0, 0.1) is 0 Å². The molecule has 1 aromatic heterocycles. The van der Waals surface area contributed by atoms with Crippen LogP contribution in [-0.2, 0) is 6.42 Å². The maximum atomic E-state index is 12.6. The number of thiazole rings is 1. The average Bonchev–Trinajstić information content (AvgIpc) is 3.04. The number of aryl methyl sites for hydroxylation is 1. The van der Waals surface area contributed by atoms with Crippen molar-refractivity contribution >= 4 is 29.0 Å². The van der Waals surface area contributed by atoms with Gasteiger partial charge in [-0.1, -0.05) is 6.92 Å². The summed E-state index contributed by atoms with van der Waals surface area (Å²) in [6.07, 6.45) is 4.29. The molecular formula is C16H25N3OS2. The number of rotatable bonds is 4. The molecule has 0 N–H and O–H groups in total. The van der Waals surface area contributed by atoms with Gasteiger partial charge >= 0.3 is 0 Å². The van der Waals surface area contributed by atoms with Crippen molar-refractivity contribution in [2.75, 3.05) is 37.7 Å². The predicted molar refractivity (Wildman–Crippen MR) is 93.9 cm³/mol. The smallest absolute Gasteiger partial charge is 0.273 e. The molecule has 2 aliphatic heterocycles. The number of piperidine rings is 1. The Morgan fingerprint density at radius 2 is 2.00 bits per heavy atom. The van der Waals surface area contributed by atoms with Crippen LogP contribution in [-0.4, -0.2) is 64.4 Å². The van der Waals surface area contributed by atoms with Gasteiger partial charge in [0.15, 0.2) is 0 Å². The summed E-state index contributed by atoms with van der Waals surface area (Å²) < 4.78 is 0. The van der Waals surface area contributed by atoms with Crippen molar-refractivity contribution in [3.8, 4) is 0 Å². The number of carbonyl (C=O) groups is 1. The molecule has 3 rings (SSSR count). The summed E-state index contributed by atoms with van der Waals surface area (Å²) in [5.74, 6) is 2.65. The molecule has 1 aromatic rings. The van der Waals surface area contributed by atoms with Crippen molar-refractivity contribution in [2.24, 2.45) is 0 Å². The zero-order valence-corrected chi connectivity index (χ0v) is 14.9. The van der Waals surface area contributed by atoms with Crippen LogP contribution in [0.1, 0.15) is 41.7 Å². The highest BCUT2D eigenvalue weighted by molar-refractivity contribution is 7.99. The molecule has 0 aromatic carbocycles. The van der Waals surface area contributed by atoms with E-state index in [9.17, 15) is 4.79 Å². The summed E-state index contributed by atoms with van der Waals surface area (Å²) in [7, 11) is 0. The number of carbonyl (C=O) groups excluding carboxylic acids is 1. The molecule has 0 aliphatic carbocycles. The van der Waals surface area contributed by atoms with Gasteiger partial charge in [0, 0.05) is 49.1 Å². The van der Waals surface area contributed by atoms with Crippen LogP contribution in [0.4, 0.5) is 0 Å². The molecule has 0 atom stereocenters. The normalized spacial score (nSPS) is 21.2. The second-order valence-electron chi connectivity index (χ2n) is 6.05. The van der Waals surface area contributed by atoms with E-state index in [1.54, 1.807) is 11.3 Å². The topological polar surface area (TPSA) is 36.4 Å². The average molecular weight is 340 g/mol. The third-order valence-corrected chi connectivity index (χ3v) is 6.40. The lowest BCUT2D eigenvalue weighted by Gasteiger charge is -2.39. The van der Waals surface area contributed by atoms with Gasteiger partial charge in [-0.3, -0.25) is 9.69 Å². The maximum Gasteiger partial charge on any atom is 0.273 e. The predicted octanol–water partition coefficient (Wildman–Crippen LogP) is 2.75. The number of aromatic nitrogens is 1. The van der Waals surface area contributed by atoms with Crippen LogP contribution in [0.15, 0.2) is 5.38 Å². The number of likely N-dealkylation sites (tertiary alicyclic amines) is 1. The minimum atomic E-state index is 0.131. The number of hydrogen-bond donors (Lipinski definition) is 0. The molecule has 0 radical (unpaired) electrons. The van der Waals surface area contributed by atoms with Gasteiger partial charge < -0.3 is 4.90 Å². The molecule has 122 valence electrons. The van der Waals surface area contributed by atoms with Crippen molar-refractivity contribution < 1.29 is 4.79 Å². The molecule has 0 unspecified atom stereocenters. The van der Waals surface area contributed by atoms with E-state index in [2.05, 4.69) is 28.6 Å². The molecule has 0 spiro atoms. The number of amides is 1. The lowest BCUT2D eigenvalue weighted by Crippen LogP contribution is -2.49. The molecule has 6 heteroatoms. The second kappa shape index (κ2) is 7.79. The summed E-state index contributed by atoms with van der Waals surface area (Å²) in [5.41, 5.74) is 0.654. The molecule has 2 saturated heterocycles. The Morgan fingerprint density at radius 1 is 1.27 bits per heavy atom. The van der Waals surface area contributed by atoms with Crippen molar-refractivity contribution in [1.82, 2.24) is 14.8 Å². The van der Waals surface area contributed by atoms with Crippen molar-refractivity contribution in [2.45, 2.75) is 38.6 Å². The summed E-state index contributed by atoms with van der Waals surface area (Å²) >= 11 is 3.68. The Kier molecular flexibility index (Phi) is 5.77. The number of hydrogen-bond acceptors (Lipinski definition) is 5. The fraction of sp³-hybridized carbons (Fsp3) is 0.750. The van der Waals surface area contributed by atoms with Gasteiger partial charge in [-0.25, -0.2) is 4.98 Å². The monoisotopic (exact) mass is 339 g/mol. The first-order chi connectivity index (χ1) is 10.8. The second-order valence-corrected chi connectivity index (χ2v) is 8.22. The zero-order valence-electron chi connectivity index (χ0n) is 13.3. The van der Waals surface area contributed by atoms with E-state index in [1.165, 1.54) is 24.6 Å². The van der Waals surface area contributed by atoms with Crippen molar-refractivity contribution in [1.29, 1.82) is 0 Å². The van der Waals surface area contributed by atoms with Gasteiger partial charge in [0.25, 0.3) is 5.91 Å². The fourth-order valence-corrected chi connectivity index (χ4v) is 5.08. The summed E-state index contributed by atoms with van der Waals surface area (Å²) in [6, 6.07) is 0.677. The maximum absolute atomic E-state index is 12.6. The third-order valence-electron chi connectivity index (χ3n) is 4.55. The Bertz CT molecular complexity index is 491. The van der Waals surface area contributed by atoms with Crippen LogP contribution >= 0.6 is 23.1 Å². The lowest BCUT2D eigenvalue weighted by atomic mass is 10.0. The highest BCUT2D eigenvalue weighted by Crippen LogP contribution is 2.22. The highest BCUT2D eigenvalue weighted by Gasteiger charge is 2.28. The van der Waals surface area contributed by atoms with E-state index in [0.29, 0.717) is 11.7 Å². The quantitative estimate of drug-likeness (QED) is 0.845. The van der Waals surface area contributed by atoms with E-state index in [4.69, 9.17) is 0 Å². The van der Waals surface area contributed by atoms with E-state index in [-0.39, 0.29) is 5.91 Å². The van der Waals surface area contributed by atoms with Gasteiger partial charge in [0.2, 0.25) is 0 Å². The molecule has 2 aliphatic rings. The zero-order chi connectivity index (χ0) is 15.4. The van der Waals surface area contributed by atoms with E-state index >= 15 is 0 Å². The Morgan fingerprint density at radius 3 is 2.68 bits per heavy atom. The van der Waals surface area contributed by atoms with Crippen molar-refractivity contribution in [3.63, 3.8) is 0 Å². The molecule has 4 nitrogen and oxygen atoms in total. The van der Waals surface area contributed by atoms with Crippen LogP contribution in [0.2, 0.25) is 0 Å². The van der Waals surface area contributed by atoms with Gasteiger partial charge in [-0.05, 0) is 25.7 Å². The summed E-state index contributed by atoms with van der Waals surface area (Å²) in [4.78, 5) is 21.7. The summed E-state index contributed by atoms with van der Waals surface area (Å²) in [5, 5.41) is 3.02. The first-order valence-electron chi connectivity index (χ1n) is 8.33. The Balaban J connectivity index is 1.52. The molecule has 3 heterocycles. The van der Waals surface area contributed by atoms with Gasteiger partial charge in [-0.15, -0.1) is 11.3 Å². The standard InChI is InChI=1S/C16H25N3OS2/c1-2-3-15-17-14(12-22-15)16(20)19-6-4-13(5-7-19)18-8-10-21-11-9-18/h12-13H,2-11H2,1H3. The van der Waals surface area contributed by atoms with E-state index in [1.807, 2.05) is 10.3 Å². The SMILES string of the molecule is CCCc1nc(C(=O)N2CCC(N3CCSCC3)CC2)cs1. The Labute approximate surface area is 141 Å². The van der Waals surface area contributed by atoms with Crippen LogP contribution < -0.4 is 0 Å². The van der Waals surface area contributed by atoms with Crippen LogP contribution in [0.5, 0.6) is 0 Å². The highest BCUT2D eigenvalue weighted by atomic mass is 32.2. The largest absolute Gasteiger partial charge is 0.337 e. The van der Waals surface area contributed by atoms with Gasteiger partial charge in [0.1, 0.15) is 5.69 Å². The third kappa shape index (κ3) is 3.84. The van der Waals surface area contributed by atoms with Gasteiger partial charge in [-0.2, -0.15) is 11.8 Å².